The van der Waals surface area contributed by atoms with Crippen LogP contribution in [0.25, 0.3) is 0 Å². The van der Waals surface area contributed by atoms with Crippen LogP contribution in [0.3, 0.4) is 0 Å². The number of carboxylic acid groups (broad SMARTS) is 1. The summed E-state index contributed by atoms with van der Waals surface area (Å²) >= 11 is 3.37. The number of amides is 2. The van der Waals surface area contributed by atoms with E-state index in [9.17, 15) is 19.5 Å². The second-order valence-electron chi connectivity index (χ2n) is 5.91. The number of carbonyl (C=O) groups excluding carboxylic acids is 2. The Kier molecular flexibility index (Phi) is 4.39. The average molecular weight is 381 g/mol. The summed E-state index contributed by atoms with van der Waals surface area (Å²) in [5.41, 5.74) is 0.746. The molecule has 6 nitrogen and oxygen atoms in total. The number of carboxylic acids is 1. The fraction of sp³-hybridized carbons (Fsp3) is 0.438. The molecule has 7 heteroatoms. The Morgan fingerprint density at radius 3 is 2.78 bits per heavy atom. The molecule has 2 saturated heterocycles. The number of rotatable bonds is 3. The highest BCUT2D eigenvalue weighted by Gasteiger charge is 2.42. The van der Waals surface area contributed by atoms with Gasteiger partial charge in [0.1, 0.15) is 6.04 Å². The summed E-state index contributed by atoms with van der Waals surface area (Å²) in [5.74, 6) is -1.77. The van der Waals surface area contributed by atoms with Crippen molar-refractivity contribution in [3.8, 4) is 0 Å². The first kappa shape index (κ1) is 16.0. The fourth-order valence-electron chi connectivity index (χ4n) is 3.29. The molecule has 1 N–H and O–H groups in total. The number of benzene rings is 1. The molecule has 23 heavy (non-hydrogen) atoms. The topological polar surface area (TPSA) is 77.9 Å². The van der Waals surface area contributed by atoms with Gasteiger partial charge in [0.15, 0.2) is 0 Å². The summed E-state index contributed by atoms with van der Waals surface area (Å²) in [6.07, 6.45) is 1.31. The number of hydrogen-bond acceptors (Lipinski definition) is 3. The molecule has 0 bridgehead atoms. The molecule has 2 heterocycles. The van der Waals surface area contributed by atoms with Gasteiger partial charge in [-0.05, 0) is 31.0 Å². The van der Waals surface area contributed by atoms with Gasteiger partial charge in [0.2, 0.25) is 11.8 Å². The van der Waals surface area contributed by atoms with E-state index >= 15 is 0 Å². The van der Waals surface area contributed by atoms with Crippen molar-refractivity contribution in [2.24, 2.45) is 5.92 Å². The molecule has 2 atom stereocenters. The first-order chi connectivity index (χ1) is 11.0. The van der Waals surface area contributed by atoms with Crippen LogP contribution in [-0.2, 0) is 14.4 Å². The van der Waals surface area contributed by atoms with Gasteiger partial charge in [0.25, 0.3) is 0 Å². The van der Waals surface area contributed by atoms with E-state index in [1.165, 1.54) is 4.90 Å². The van der Waals surface area contributed by atoms with Gasteiger partial charge in [-0.1, -0.05) is 22.0 Å². The highest BCUT2D eigenvalue weighted by atomic mass is 79.9. The lowest BCUT2D eigenvalue weighted by Crippen LogP contribution is -2.44. The maximum atomic E-state index is 12.6. The molecule has 1 aromatic rings. The standard InChI is InChI=1S/C16H17BrN2O4/c17-11-3-1-4-12(8-11)19-9-10(7-14(19)20)15(21)18-6-2-5-13(18)16(22)23/h1,3-4,8,10,13H,2,5-7,9H2,(H,22,23)/t10?,13-/m0/s1. The van der Waals surface area contributed by atoms with Gasteiger partial charge in [-0.2, -0.15) is 0 Å². The molecular weight excluding hydrogens is 364 g/mol. The van der Waals surface area contributed by atoms with Gasteiger partial charge < -0.3 is 14.9 Å². The van der Waals surface area contributed by atoms with Gasteiger partial charge in [-0.15, -0.1) is 0 Å². The Morgan fingerprint density at radius 1 is 1.30 bits per heavy atom. The fourth-order valence-corrected chi connectivity index (χ4v) is 3.68. The van der Waals surface area contributed by atoms with Crippen LogP contribution in [0.15, 0.2) is 28.7 Å². The third kappa shape index (κ3) is 3.10. The van der Waals surface area contributed by atoms with E-state index in [-0.39, 0.29) is 18.2 Å². The monoisotopic (exact) mass is 380 g/mol. The van der Waals surface area contributed by atoms with Crippen LogP contribution >= 0.6 is 15.9 Å². The van der Waals surface area contributed by atoms with Crippen molar-refractivity contribution in [2.75, 3.05) is 18.0 Å². The Morgan fingerprint density at radius 2 is 2.09 bits per heavy atom. The molecule has 0 aromatic heterocycles. The number of anilines is 1. The smallest absolute Gasteiger partial charge is 0.326 e. The molecule has 0 saturated carbocycles. The van der Waals surface area contributed by atoms with Gasteiger partial charge >= 0.3 is 5.97 Å². The highest BCUT2D eigenvalue weighted by molar-refractivity contribution is 9.10. The van der Waals surface area contributed by atoms with Crippen molar-refractivity contribution in [3.63, 3.8) is 0 Å². The second-order valence-corrected chi connectivity index (χ2v) is 6.83. The summed E-state index contributed by atoms with van der Waals surface area (Å²) in [6.45, 7) is 0.758. The molecule has 3 rings (SSSR count). The molecule has 2 fully saturated rings. The van der Waals surface area contributed by atoms with Crippen LogP contribution in [0.2, 0.25) is 0 Å². The van der Waals surface area contributed by atoms with E-state index in [2.05, 4.69) is 15.9 Å². The number of hydrogen-bond donors (Lipinski definition) is 1. The second kappa shape index (κ2) is 6.31. The van der Waals surface area contributed by atoms with Gasteiger partial charge in [-0.3, -0.25) is 9.59 Å². The molecule has 122 valence electrons. The minimum Gasteiger partial charge on any atom is -0.480 e. The third-order valence-corrected chi connectivity index (χ3v) is 4.91. The SMILES string of the molecule is O=C(O)[C@@H]1CCCN1C(=O)C1CC(=O)N(c2cccc(Br)c2)C1. The lowest BCUT2D eigenvalue weighted by atomic mass is 10.1. The summed E-state index contributed by atoms with van der Waals surface area (Å²) < 4.78 is 0.864. The quantitative estimate of drug-likeness (QED) is 0.868. The van der Waals surface area contributed by atoms with E-state index < -0.39 is 17.9 Å². The molecular formula is C16H17BrN2O4. The Hall–Kier alpha value is -1.89. The van der Waals surface area contributed by atoms with Crippen LogP contribution in [0.1, 0.15) is 19.3 Å². The average Bonchev–Trinajstić information content (AvgIpc) is 3.13. The first-order valence-corrected chi connectivity index (χ1v) is 8.36. The molecule has 1 aromatic carbocycles. The zero-order valence-corrected chi connectivity index (χ0v) is 14.0. The molecule has 2 aliphatic heterocycles. The molecule has 2 amide bonds. The van der Waals surface area contributed by atoms with E-state index in [4.69, 9.17) is 0 Å². The Bertz CT molecular complexity index is 663. The summed E-state index contributed by atoms with van der Waals surface area (Å²) in [5, 5.41) is 9.21. The summed E-state index contributed by atoms with van der Waals surface area (Å²) in [7, 11) is 0. The van der Waals surface area contributed by atoms with Crippen molar-refractivity contribution in [1.82, 2.24) is 4.90 Å². The number of carbonyl (C=O) groups is 3. The molecule has 0 spiro atoms. The molecule has 1 unspecified atom stereocenters. The zero-order valence-electron chi connectivity index (χ0n) is 12.4. The van der Waals surface area contributed by atoms with Crippen molar-refractivity contribution >= 4 is 39.4 Å². The van der Waals surface area contributed by atoms with Gasteiger partial charge in [0.05, 0.1) is 5.92 Å². The van der Waals surface area contributed by atoms with Crippen molar-refractivity contribution < 1.29 is 19.5 Å². The predicted molar refractivity (Wildman–Crippen MR) is 87.0 cm³/mol. The highest BCUT2D eigenvalue weighted by Crippen LogP contribution is 2.30. The maximum Gasteiger partial charge on any atom is 0.326 e. The summed E-state index contributed by atoms with van der Waals surface area (Å²) in [6, 6.07) is 6.61. The van der Waals surface area contributed by atoms with Crippen LogP contribution in [0, 0.1) is 5.92 Å². The Labute approximate surface area is 142 Å². The first-order valence-electron chi connectivity index (χ1n) is 7.56. The molecule has 0 radical (unpaired) electrons. The van der Waals surface area contributed by atoms with Crippen LogP contribution < -0.4 is 4.90 Å². The normalized spacial score (nSPS) is 24.3. The number of nitrogens with zero attached hydrogens (tertiary/aromatic N) is 2. The van der Waals surface area contributed by atoms with Crippen LogP contribution in [0.5, 0.6) is 0 Å². The molecule has 0 aliphatic carbocycles. The van der Waals surface area contributed by atoms with Crippen LogP contribution in [0.4, 0.5) is 5.69 Å². The van der Waals surface area contributed by atoms with E-state index in [1.54, 1.807) is 4.90 Å². The van der Waals surface area contributed by atoms with Crippen molar-refractivity contribution in [2.45, 2.75) is 25.3 Å². The predicted octanol–water partition coefficient (Wildman–Crippen LogP) is 1.88. The number of aliphatic carboxylic acids is 1. The minimum absolute atomic E-state index is 0.104. The van der Waals surface area contributed by atoms with E-state index in [1.807, 2.05) is 24.3 Å². The summed E-state index contributed by atoms with van der Waals surface area (Å²) in [4.78, 5) is 39.1. The Balaban J connectivity index is 1.74. The van der Waals surface area contributed by atoms with Crippen molar-refractivity contribution in [3.05, 3.63) is 28.7 Å². The van der Waals surface area contributed by atoms with Gasteiger partial charge in [0, 0.05) is 29.7 Å². The van der Waals surface area contributed by atoms with Crippen molar-refractivity contribution in [1.29, 1.82) is 0 Å². The minimum atomic E-state index is -0.969. The molecule has 2 aliphatic rings. The van der Waals surface area contributed by atoms with E-state index in [0.717, 1.165) is 10.2 Å². The van der Waals surface area contributed by atoms with E-state index in [0.29, 0.717) is 25.9 Å². The zero-order chi connectivity index (χ0) is 16.6. The number of halogens is 1. The largest absolute Gasteiger partial charge is 0.480 e. The van der Waals surface area contributed by atoms with Gasteiger partial charge in [-0.25, -0.2) is 4.79 Å². The third-order valence-electron chi connectivity index (χ3n) is 4.42. The lowest BCUT2D eigenvalue weighted by Gasteiger charge is -2.24. The number of likely N-dealkylation sites (tertiary alicyclic amines) is 1. The lowest BCUT2D eigenvalue weighted by molar-refractivity contribution is -0.149. The maximum absolute atomic E-state index is 12.6. The van der Waals surface area contributed by atoms with Crippen LogP contribution in [-0.4, -0.2) is 46.9 Å².